The fourth-order valence-electron chi connectivity index (χ4n) is 0.439. The van der Waals surface area contributed by atoms with Gasteiger partial charge >= 0.3 is 0 Å². The molecule has 0 aliphatic heterocycles. The van der Waals surface area contributed by atoms with E-state index < -0.39 is 0 Å². The summed E-state index contributed by atoms with van der Waals surface area (Å²) < 4.78 is 5.75. The number of nitrogens with zero attached hydrogens (tertiary/aromatic N) is 2. The third kappa shape index (κ3) is 1.51. The summed E-state index contributed by atoms with van der Waals surface area (Å²) >= 11 is 2.08. The molecule has 0 spiro atoms. The topological polar surface area (TPSA) is 35.0 Å². The molecule has 3 nitrogen and oxygen atoms in total. The van der Waals surface area contributed by atoms with Gasteiger partial charge in [-0.25, -0.2) is 9.97 Å². The molecule has 1 rings (SSSR count). The molecular weight excluding hydrogens is 231 g/mol. The van der Waals surface area contributed by atoms with Gasteiger partial charge in [0.05, 0.1) is 13.3 Å². The number of halogens is 1. The van der Waals surface area contributed by atoms with Crippen molar-refractivity contribution in [1.82, 2.24) is 9.97 Å². The van der Waals surface area contributed by atoms with Crippen LogP contribution in [-0.4, -0.2) is 17.1 Å². The first-order valence-electron chi connectivity index (χ1n) is 2.34. The van der Waals surface area contributed by atoms with Crippen LogP contribution < -0.4 is 4.74 Å². The van der Waals surface area contributed by atoms with E-state index in [-0.39, 0.29) is 0 Å². The fourth-order valence-corrected chi connectivity index (χ4v) is 0.923. The summed E-state index contributed by atoms with van der Waals surface area (Å²) in [7, 11) is 1.60. The highest BCUT2D eigenvalue weighted by atomic mass is 127. The molecule has 0 aromatic carbocycles. The zero-order valence-corrected chi connectivity index (χ0v) is 6.99. The maximum atomic E-state index is 4.91. The predicted octanol–water partition coefficient (Wildman–Crippen LogP) is 1.09. The monoisotopic (exact) mass is 236 g/mol. The molecule has 0 fully saturated rings. The first-order valence-corrected chi connectivity index (χ1v) is 3.42. The van der Waals surface area contributed by atoms with Gasteiger partial charge < -0.3 is 4.74 Å². The Morgan fingerprint density at radius 2 is 2.44 bits per heavy atom. The smallest absolute Gasteiger partial charge is 0.168 e. The highest BCUT2D eigenvalue weighted by Crippen LogP contribution is 2.13. The van der Waals surface area contributed by atoms with Crippen molar-refractivity contribution in [3.63, 3.8) is 0 Å². The minimum absolute atomic E-state index is 0.720. The van der Waals surface area contributed by atoms with Gasteiger partial charge in [-0.05, 0) is 22.6 Å². The zero-order chi connectivity index (χ0) is 6.69. The molecule has 0 aliphatic carbocycles. The van der Waals surface area contributed by atoms with Gasteiger partial charge in [0.1, 0.15) is 10.0 Å². The molecule has 0 radical (unpaired) electrons. The summed E-state index contributed by atoms with van der Waals surface area (Å²) in [6.07, 6.45) is 3.12. The second-order valence-corrected chi connectivity index (χ2v) is 2.40. The molecule has 0 saturated heterocycles. The van der Waals surface area contributed by atoms with E-state index in [1.54, 1.807) is 13.3 Å². The summed E-state index contributed by atoms with van der Waals surface area (Å²) in [4.78, 5) is 7.68. The van der Waals surface area contributed by atoms with Crippen molar-refractivity contribution in [2.24, 2.45) is 0 Å². The van der Waals surface area contributed by atoms with Crippen LogP contribution in [0.3, 0.4) is 0 Å². The Kier molecular flexibility index (Phi) is 2.21. The van der Waals surface area contributed by atoms with Crippen LogP contribution in [0.1, 0.15) is 0 Å². The van der Waals surface area contributed by atoms with Crippen molar-refractivity contribution in [2.75, 3.05) is 7.11 Å². The Bertz CT molecular complexity index is 204. The first kappa shape index (κ1) is 6.73. The van der Waals surface area contributed by atoms with E-state index in [1.165, 1.54) is 6.33 Å². The van der Waals surface area contributed by atoms with Crippen molar-refractivity contribution in [1.29, 1.82) is 0 Å². The van der Waals surface area contributed by atoms with Gasteiger partial charge in [-0.2, -0.15) is 0 Å². The number of aromatic nitrogens is 2. The maximum Gasteiger partial charge on any atom is 0.168 e. The van der Waals surface area contributed by atoms with E-state index in [0.717, 1.165) is 9.45 Å². The lowest BCUT2D eigenvalue weighted by Crippen LogP contribution is -1.89. The lowest BCUT2D eigenvalue weighted by molar-refractivity contribution is 0.407. The summed E-state index contributed by atoms with van der Waals surface area (Å²) in [6.45, 7) is 0. The molecule has 0 N–H and O–H groups in total. The maximum absolute atomic E-state index is 4.91. The highest BCUT2D eigenvalue weighted by molar-refractivity contribution is 14.1. The second-order valence-electron chi connectivity index (χ2n) is 1.38. The van der Waals surface area contributed by atoms with Crippen LogP contribution in [0.25, 0.3) is 0 Å². The van der Waals surface area contributed by atoms with Gasteiger partial charge in [-0.1, -0.05) is 0 Å². The van der Waals surface area contributed by atoms with E-state index in [9.17, 15) is 0 Å². The molecule has 0 saturated carbocycles. The predicted molar refractivity (Wildman–Crippen MR) is 41.3 cm³/mol. The van der Waals surface area contributed by atoms with Crippen LogP contribution >= 0.6 is 22.6 Å². The second kappa shape index (κ2) is 2.95. The van der Waals surface area contributed by atoms with E-state index in [2.05, 4.69) is 32.6 Å². The van der Waals surface area contributed by atoms with E-state index in [0.29, 0.717) is 0 Å². The van der Waals surface area contributed by atoms with Crippen LogP contribution in [0.2, 0.25) is 0 Å². The third-order valence-electron chi connectivity index (χ3n) is 0.853. The number of rotatable bonds is 1. The fraction of sp³-hybridized carbons (Fsp3) is 0.200. The summed E-state index contributed by atoms with van der Waals surface area (Å²) in [5, 5.41) is 0. The molecule has 0 atom stereocenters. The van der Waals surface area contributed by atoms with Gasteiger partial charge in [0, 0.05) is 0 Å². The van der Waals surface area contributed by atoms with Crippen LogP contribution in [-0.2, 0) is 0 Å². The average Bonchev–Trinajstić information content (AvgIpc) is 1.89. The van der Waals surface area contributed by atoms with Crippen molar-refractivity contribution in [3.05, 3.63) is 16.2 Å². The van der Waals surface area contributed by atoms with Gasteiger partial charge in [0.15, 0.2) is 5.75 Å². The molecule has 0 amide bonds. The average molecular weight is 236 g/mol. The third-order valence-corrected chi connectivity index (χ3v) is 1.66. The Balaban J connectivity index is 3.01. The van der Waals surface area contributed by atoms with Gasteiger partial charge in [-0.3, -0.25) is 0 Å². The number of ether oxygens (including phenoxy) is 1. The minimum Gasteiger partial charge on any atom is -0.492 e. The number of hydrogen-bond acceptors (Lipinski definition) is 3. The Hall–Kier alpha value is -0.390. The number of methoxy groups -OCH3 is 1. The zero-order valence-electron chi connectivity index (χ0n) is 4.84. The van der Waals surface area contributed by atoms with Crippen LogP contribution in [0.5, 0.6) is 5.75 Å². The summed E-state index contributed by atoms with van der Waals surface area (Å²) in [6, 6.07) is 0. The Morgan fingerprint density at radius 1 is 1.67 bits per heavy atom. The lowest BCUT2D eigenvalue weighted by atomic mass is 10.6. The molecule has 0 unspecified atom stereocenters. The quantitative estimate of drug-likeness (QED) is 0.540. The van der Waals surface area contributed by atoms with Crippen molar-refractivity contribution in [2.45, 2.75) is 0 Å². The van der Waals surface area contributed by atoms with E-state index in [4.69, 9.17) is 4.74 Å². The number of hydrogen-bond donors (Lipinski definition) is 0. The van der Waals surface area contributed by atoms with Gasteiger partial charge in [-0.15, -0.1) is 0 Å². The highest BCUT2D eigenvalue weighted by Gasteiger charge is 1.95. The molecule has 0 bridgehead atoms. The van der Waals surface area contributed by atoms with Crippen LogP contribution in [0, 0.1) is 3.70 Å². The molecule has 4 heteroatoms. The molecule has 9 heavy (non-hydrogen) atoms. The molecule has 1 heterocycles. The first-order chi connectivity index (χ1) is 4.34. The van der Waals surface area contributed by atoms with Crippen molar-refractivity contribution in [3.8, 4) is 5.75 Å². The van der Waals surface area contributed by atoms with Crippen LogP contribution in [0.15, 0.2) is 12.5 Å². The normalized spacial score (nSPS) is 9.11. The summed E-state index contributed by atoms with van der Waals surface area (Å²) in [5.74, 6) is 0.720. The Labute approximate surface area is 66.6 Å². The SMILES string of the molecule is COc1cncnc1I. The van der Waals surface area contributed by atoms with Gasteiger partial charge in [0.2, 0.25) is 0 Å². The molecule has 1 aromatic rings. The van der Waals surface area contributed by atoms with Crippen LogP contribution in [0.4, 0.5) is 0 Å². The standard InChI is InChI=1S/C5H5IN2O/c1-9-4-2-7-3-8-5(4)6/h2-3H,1H3. The molecule has 0 aliphatic rings. The summed E-state index contributed by atoms with van der Waals surface area (Å²) in [5.41, 5.74) is 0. The minimum atomic E-state index is 0.720. The van der Waals surface area contributed by atoms with Crippen molar-refractivity contribution < 1.29 is 4.74 Å². The van der Waals surface area contributed by atoms with E-state index >= 15 is 0 Å². The molecule has 1 aromatic heterocycles. The van der Waals surface area contributed by atoms with Gasteiger partial charge in [0.25, 0.3) is 0 Å². The molecule has 48 valence electrons. The largest absolute Gasteiger partial charge is 0.492 e. The Morgan fingerprint density at radius 3 is 2.89 bits per heavy atom. The van der Waals surface area contributed by atoms with E-state index in [1.807, 2.05) is 0 Å². The molecular formula is C5H5IN2O. The lowest BCUT2D eigenvalue weighted by Gasteiger charge is -1.97. The van der Waals surface area contributed by atoms with Crippen molar-refractivity contribution >= 4 is 22.6 Å².